The van der Waals surface area contributed by atoms with E-state index in [1.807, 2.05) is 53.1 Å². The van der Waals surface area contributed by atoms with Crippen molar-refractivity contribution in [2.75, 3.05) is 13.7 Å². The summed E-state index contributed by atoms with van der Waals surface area (Å²) >= 11 is 1.42. The van der Waals surface area contributed by atoms with Gasteiger partial charge < -0.3 is 9.47 Å². The number of hydrogen-bond acceptors (Lipinski definition) is 5. The second-order valence-corrected chi connectivity index (χ2v) is 9.96. The number of rotatable bonds is 5. The first kappa shape index (κ1) is 23.1. The van der Waals surface area contributed by atoms with Gasteiger partial charge in [-0.2, -0.15) is 0 Å². The highest BCUT2D eigenvalue weighted by Crippen LogP contribution is 2.41. The molecule has 0 saturated carbocycles. The third-order valence-corrected chi connectivity index (χ3v) is 7.77. The molecule has 0 N–H and O–H groups in total. The molecular formula is C31H24N2O3S. The summed E-state index contributed by atoms with van der Waals surface area (Å²) in [6, 6.07) is 23.7. The summed E-state index contributed by atoms with van der Waals surface area (Å²) in [5, 5.41) is 0. The highest BCUT2D eigenvalue weighted by molar-refractivity contribution is 7.07. The minimum atomic E-state index is -0.239. The van der Waals surface area contributed by atoms with E-state index < -0.39 is 0 Å². The number of hydrogen-bond donors (Lipinski definition) is 0. The number of benzene rings is 3. The van der Waals surface area contributed by atoms with E-state index in [0.29, 0.717) is 15.1 Å². The van der Waals surface area contributed by atoms with Crippen LogP contribution in [0.4, 0.5) is 0 Å². The van der Waals surface area contributed by atoms with Gasteiger partial charge in [0.05, 0.1) is 23.4 Å². The van der Waals surface area contributed by atoms with Gasteiger partial charge in [-0.3, -0.25) is 9.36 Å². The van der Waals surface area contributed by atoms with Crippen molar-refractivity contribution < 1.29 is 9.47 Å². The van der Waals surface area contributed by atoms with E-state index >= 15 is 0 Å². The number of methoxy groups -OCH3 is 1. The van der Waals surface area contributed by atoms with Crippen LogP contribution in [0, 0.1) is 12.3 Å². The van der Waals surface area contributed by atoms with E-state index in [-0.39, 0.29) is 18.2 Å². The molecule has 182 valence electrons. The summed E-state index contributed by atoms with van der Waals surface area (Å²) in [5.41, 5.74) is 6.47. The molecule has 0 saturated heterocycles. The molecule has 2 heterocycles. The molecule has 6 rings (SSSR count). The molecule has 1 atom stereocenters. The number of ether oxygens (including phenoxy) is 2. The molecule has 3 aromatic carbocycles. The van der Waals surface area contributed by atoms with Gasteiger partial charge in [0.1, 0.15) is 18.1 Å². The van der Waals surface area contributed by atoms with Gasteiger partial charge in [-0.1, -0.05) is 65.8 Å². The van der Waals surface area contributed by atoms with Crippen molar-refractivity contribution in [3.8, 4) is 23.8 Å². The summed E-state index contributed by atoms with van der Waals surface area (Å²) in [6.45, 7) is 0.218. The topological polar surface area (TPSA) is 52.8 Å². The summed E-state index contributed by atoms with van der Waals surface area (Å²) in [7, 11) is 1.66. The van der Waals surface area contributed by atoms with E-state index in [1.165, 1.54) is 22.5 Å². The number of nitrogens with zero attached hydrogens (tertiary/aromatic N) is 2. The van der Waals surface area contributed by atoms with E-state index in [0.717, 1.165) is 41.0 Å². The lowest BCUT2D eigenvalue weighted by molar-refractivity contribution is 0.370. The Labute approximate surface area is 218 Å². The average molecular weight is 505 g/mol. The number of fused-ring (bicyclic) bond motifs is 3. The second-order valence-electron chi connectivity index (χ2n) is 8.95. The molecule has 0 radical (unpaired) electrons. The van der Waals surface area contributed by atoms with E-state index in [9.17, 15) is 4.79 Å². The average Bonchev–Trinajstić information content (AvgIpc) is 3.25. The van der Waals surface area contributed by atoms with Crippen molar-refractivity contribution in [1.29, 1.82) is 0 Å². The van der Waals surface area contributed by atoms with Crippen molar-refractivity contribution in [3.05, 3.63) is 120 Å². The molecule has 2 aliphatic rings. The SMILES string of the molecule is C#CCOc1ccc(C=c2sc3n(c2=O)C(c2cccc(OC)c2)C2=C(N=3)c3ccccc3CC2)cc1. The first-order chi connectivity index (χ1) is 18.2. The van der Waals surface area contributed by atoms with Gasteiger partial charge in [-0.25, -0.2) is 4.99 Å². The fourth-order valence-corrected chi connectivity index (χ4v) is 6.07. The van der Waals surface area contributed by atoms with Crippen molar-refractivity contribution in [2.24, 2.45) is 4.99 Å². The first-order valence-electron chi connectivity index (χ1n) is 12.1. The van der Waals surface area contributed by atoms with Gasteiger partial charge >= 0.3 is 0 Å². The van der Waals surface area contributed by atoms with Crippen LogP contribution in [0.3, 0.4) is 0 Å². The van der Waals surface area contributed by atoms with Crippen LogP contribution in [0.1, 0.15) is 34.7 Å². The predicted molar refractivity (Wildman–Crippen MR) is 147 cm³/mol. The first-order valence-corrected chi connectivity index (χ1v) is 12.9. The molecule has 0 spiro atoms. The number of thiazole rings is 1. The Kier molecular flexibility index (Phi) is 5.99. The van der Waals surface area contributed by atoms with Crippen LogP contribution < -0.4 is 24.4 Å². The zero-order valence-electron chi connectivity index (χ0n) is 20.3. The zero-order chi connectivity index (χ0) is 25.4. The summed E-state index contributed by atoms with van der Waals surface area (Å²) < 4.78 is 13.5. The molecule has 5 nitrogen and oxygen atoms in total. The van der Waals surface area contributed by atoms with E-state index in [1.54, 1.807) is 7.11 Å². The monoisotopic (exact) mass is 504 g/mol. The lowest BCUT2D eigenvalue weighted by atomic mass is 9.83. The summed E-state index contributed by atoms with van der Waals surface area (Å²) in [4.78, 5) is 19.6. The number of allylic oxidation sites excluding steroid dienone is 1. The molecule has 0 bridgehead atoms. The Balaban J connectivity index is 1.53. The largest absolute Gasteiger partial charge is 0.497 e. The number of aromatic nitrogens is 1. The van der Waals surface area contributed by atoms with Crippen LogP contribution in [0.15, 0.2) is 88.2 Å². The number of aryl methyl sites for hydroxylation is 1. The van der Waals surface area contributed by atoms with Crippen molar-refractivity contribution in [3.63, 3.8) is 0 Å². The summed E-state index contributed by atoms with van der Waals surface area (Å²) in [6.07, 6.45) is 8.96. The van der Waals surface area contributed by atoms with Crippen LogP contribution in [-0.4, -0.2) is 18.3 Å². The fourth-order valence-electron chi connectivity index (χ4n) is 5.07. The zero-order valence-corrected chi connectivity index (χ0v) is 21.1. The van der Waals surface area contributed by atoms with Crippen molar-refractivity contribution >= 4 is 23.1 Å². The normalized spacial score (nSPS) is 16.2. The summed E-state index contributed by atoms with van der Waals surface area (Å²) in [5.74, 6) is 3.92. The molecule has 0 fully saturated rings. The van der Waals surface area contributed by atoms with Crippen LogP contribution in [0.5, 0.6) is 11.5 Å². The third kappa shape index (κ3) is 4.18. The van der Waals surface area contributed by atoms with Gasteiger partial charge in [0.25, 0.3) is 5.56 Å². The van der Waals surface area contributed by atoms with Gasteiger partial charge in [-0.15, -0.1) is 6.42 Å². The van der Waals surface area contributed by atoms with Crippen LogP contribution in [-0.2, 0) is 6.42 Å². The highest BCUT2D eigenvalue weighted by Gasteiger charge is 2.32. The minimum Gasteiger partial charge on any atom is -0.497 e. The van der Waals surface area contributed by atoms with Crippen molar-refractivity contribution in [2.45, 2.75) is 18.9 Å². The lowest BCUT2D eigenvalue weighted by Crippen LogP contribution is -2.38. The smallest absolute Gasteiger partial charge is 0.271 e. The van der Waals surface area contributed by atoms with Crippen LogP contribution in [0.25, 0.3) is 11.8 Å². The van der Waals surface area contributed by atoms with Gasteiger partial charge in [0, 0.05) is 5.56 Å². The maximum Gasteiger partial charge on any atom is 0.271 e. The third-order valence-electron chi connectivity index (χ3n) is 6.78. The molecule has 1 unspecified atom stereocenters. The highest BCUT2D eigenvalue weighted by atomic mass is 32.1. The van der Waals surface area contributed by atoms with Gasteiger partial charge in [0.2, 0.25) is 0 Å². The quantitative estimate of drug-likeness (QED) is 0.380. The minimum absolute atomic E-state index is 0.0466. The molecule has 1 aliphatic carbocycles. The van der Waals surface area contributed by atoms with Crippen molar-refractivity contribution in [1.82, 2.24) is 4.57 Å². The molecule has 0 amide bonds. The number of terminal acetylenes is 1. The van der Waals surface area contributed by atoms with E-state index in [4.69, 9.17) is 20.9 Å². The standard InChI is InChI=1S/C31H24N2O3S/c1-3-17-36-23-14-11-20(12-15-23)18-27-30(34)33-29(22-8-6-9-24(19-22)35-2)26-16-13-21-7-4-5-10-25(21)28(26)32-31(33)37-27/h1,4-12,14-15,18-19,29H,13,16-17H2,2H3. The van der Waals surface area contributed by atoms with Crippen LogP contribution in [0.2, 0.25) is 0 Å². The molecule has 6 heteroatoms. The van der Waals surface area contributed by atoms with E-state index in [2.05, 4.69) is 36.3 Å². The molecular weight excluding hydrogens is 480 g/mol. The van der Waals surface area contributed by atoms with Crippen LogP contribution >= 0.6 is 11.3 Å². The maximum absolute atomic E-state index is 13.9. The molecule has 1 aromatic heterocycles. The Morgan fingerprint density at radius 2 is 1.92 bits per heavy atom. The van der Waals surface area contributed by atoms with Gasteiger partial charge in [-0.05, 0) is 65.4 Å². The molecule has 1 aliphatic heterocycles. The lowest BCUT2D eigenvalue weighted by Gasteiger charge is -2.31. The maximum atomic E-state index is 13.9. The predicted octanol–water partition coefficient (Wildman–Crippen LogP) is 4.34. The Morgan fingerprint density at radius 3 is 2.73 bits per heavy atom. The molecule has 4 aromatic rings. The Hall–Kier alpha value is -4.34. The molecule has 37 heavy (non-hydrogen) atoms. The van der Waals surface area contributed by atoms with Gasteiger partial charge in [0.15, 0.2) is 4.80 Å². The Morgan fingerprint density at radius 1 is 1.08 bits per heavy atom. The second kappa shape index (κ2) is 9.61. The fraction of sp³-hybridized carbons (Fsp3) is 0.161. The Bertz CT molecular complexity index is 1750.